The minimum atomic E-state index is -0.391. The van der Waals surface area contributed by atoms with E-state index in [0.29, 0.717) is 27.1 Å². The van der Waals surface area contributed by atoms with Crippen LogP contribution in [0.5, 0.6) is 0 Å². The molecule has 0 radical (unpaired) electrons. The lowest BCUT2D eigenvalue weighted by atomic mass is 10.3. The van der Waals surface area contributed by atoms with Crippen molar-refractivity contribution in [1.82, 2.24) is 14.9 Å². The summed E-state index contributed by atoms with van der Waals surface area (Å²) >= 11 is 3.41. The fourth-order valence-electron chi connectivity index (χ4n) is 2.24. The van der Waals surface area contributed by atoms with E-state index in [9.17, 15) is 9.18 Å². The van der Waals surface area contributed by atoms with Gasteiger partial charge >= 0.3 is 0 Å². The Balaban J connectivity index is 2.25. The van der Waals surface area contributed by atoms with E-state index in [1.807, 2.05) is 4.57 Å². The Morgan fingerprint density at radius 1 is 1.63 bits per heavy atom. The summed E-state index contributed by atoms with van der Waals surface area (Å²) in [5.74, 6) is -0.00175. The molecular weight excluding hydrogens is 313 g/mol. The molecule has 3 rings (SSSR count). The van der Waals surface area contributed by atoms with E-state index in [-0.39, 0.29) is 5.91 Å². The van der Waals surface area contributed by atoms with Gasteiger partial charge in [-0.05, 0) is 34.7 Å². The SMILES string of the molecule is CNC(=O)c1c(Br)c2ncc(F)cc2n1CC1CC1. The Labute approximate surface area is 118 Å². The number of nitrogens with one attached hydrogen (secondary N) is 1. The van der Waals surface area contributed by atoms with Crippen LogP contribution in [-0.4, -0.2) is 22.5 Å². The highest BCUT2D eigenvalue weighted by molar-refractivity contribution is 9.10. The van der Waals surface area contributed by atoms with Gasteiger partial charge in [-0.1, -0.05) is 0 Å². The van der Waals surface area contributed by atoms with E-state index in [1.54, 1.807) is 7.05 Å². The summed E-state index contributed by atoms with van der Waals surface area (Å²) in [6.45, 7) is 0.732. The normalized spacial score (nSPS) is 14.9. The molecule has 1 aliphatic rings. The van der Waals surface area contributed by atoms with Crippen LogP contribution < -0.4 is 5.32 Å². The minimum absolute atomic E-state index is 0.189. The van der Waals surface area contributed by atoms with Crippen molar-refractivity contribution >= 4 is 32.9 Å². The average Bonchev–Trinajstić information content (AvgIpc) is 3.16. The van der Waals surface area contributed by atoms with Crippen LogP contribution in [0.25, 0.3) is 11.0 Å². The molecule has 0 bridgehead atoms. The molecular formula is C13H13BrFN3O. The second-order valence-electron chi connectivity index (χ2n) is 4.82. The smallest absolute Gasteiger partial charge is 0.268 e. The highest BCUT2D eigenvalue weighted by atomic mass is 79.9. The van der Waals surface area contributed by atoms with Crippen LogP contribution in [0.1, 0.15) is 23.3 Å². The predicted molar refractivity (Wildman–Crippen MR) is 73.5 cm³/mol. The number of fused-ring (bicyclic) bond motifs is 1. The van der Waals surface area contributed by atoms with Crippen LogP contribution in [-0.2, 0) is 6.54 Å². The summed E-state index contributed by atoms with van der Waals surface area (Å²) < 4.78 is 15.9. The third kappa shape index (κ3) is 2.14. The van der Waals surface area contributed by atoms with Gasteiger partial charge in [0.1, 0.15) is 17.0 Å². The van der Waals surface area contributed by atoms with E-state index < -0.39 is 5.82 Å². The molecule has 2 aromatic rings. The quantitative estimate of drug-likeness (QED) is 0.943. The standard InChI is InChI=1S/C13H13BrFN3O/c1-16-13(19)12-10(14)11-9(4-8(15)5-17-11)18(12)6-7-2-3-7/h4-5,7H,2-3,6H2,1H3,(H,16,19). The predicted octanol–water partition coefficient (Wildman–Crippen LogP) is 2.71. The summed E-state index contributed by atoms with van der Waals surface area (Å²) in [6, 6.07) is 1.43. The van der Waals surface area contributed by atoms with Gasteiger partial charge in [0.2, 0.25) is 0 Å². The number of carbonyl (C=O) groups excluding carboxylic acids is 1. The number of halogens is 2. The molecule has 2 heterocycles. The maximum Gasteiger partial charge on any atom is 0.268 e. The van der Waals surface area contributed by atoms with E-state index in [2.05, 4.69) is 26.2 Å². The molecule has 0 aromatic carbocycles. The van der Waals surface area contributed by atoms with Crippen LogP contribution in [0.4, 0.5) is 4.39 Å². The van der Waals surface area contributed by atoms with Crippen molar-refractivity contribution in [1.29, 1.82) is 0 Å². The molecule has 1 amide bonds. The largest absolute Gasteiger partial charge is 0.354 e. The zero-order valence-corrected chi connectivity index (χ0v) is 12.0. The van der Waals surface area contributed by atoms with Gasteiger partial charge in [-0.15, -0.1) is 0 Å². The second-order valence-corrected chi connectivity index (χ2v) is 5.61. The zero-order valence-electron chi connectivity index (χ0n) is 10.4. The molecule has 0 unspecified atom stereocenters. The Morgan fingerprint density at radius 2 is 2.37 bits per heavy atom. The fourth-order valence-corrected chi connectivity index (χ4v) is 2.94. The number of pyridine rings is 1. The monoisotopic (exact) mass is 325 g/mol. The van der Waals surface area contributed by atoms with Crippen molar-refractivity contribution in [2.75, 3.05) is 7.05 Å². The van der Waals surface area contributed by atoms with E-state index in [1.165, 1.54) is 12.3 Å². The second kappa shape index (κ2) is 4.59. The Bertz CT molecular complexity index is 663. The first kappa shape index (κ1) is 12.6. The van der Waals surface area contributed by atoms with Gasteiger partial charge in [0.05, 0.1) is 16.2 Å². The van der Waals surface area contributed by atoms with Crippen LogP contribution in [0.3, 0.4) is 0 Å². The number of aromatic nitrogens is 2. The van der Waals surface area contributed by atoms with Gasteiger partial charge in [-0.25, -0.2) is 4.39 Å². The van der Waals surface area contributed by atoms with Crippen molar-refractivity contribution in [3.05, 3.63) is 28.2 Å². The molecule has 0 spiro atoms. The lowest BCUT2D eigenvalue weighted by Gasteiger charge is -2.09. The van der Waals surface area contributed by atoms with E-state index in [4.69, 9.17) is 0 Å². The average molecular weight is 326 g/mol. The van der Waals surface area contributed by atoms with Crippen molar-refractivity contribution in [3.8, 4) is 0 Å². The van der Waals surface area contributed by atoms with Gasteiger partial charge in [-0.2, -0.15) is 0 Å². The summed E-state index contributed by atoms with van der Waals surface area (Å²) in [6.07, 6.45) is 3.49. The van der Waals surface area contributed by atoms with Gasteiger partial charge in [0.15, 0.2) is 0 Å². The lowest BCUT2D eigenvalue weighted by Crippen LogP contribution is -2.22. The Morgan fingerprint density at radius 3 is 3.00 bits per heavy atom. The molecule has 1 N–H and O–H groups in total. The molecule has 1 saturated carbocycles. The summed E-state index contributed by atoms with van der Waals surface area (Å²) in [7, 11) is 1.59. The highest BCUT2D eigenvalue weighted by Gasteiger charge is 2.28. The van der Waals surface area contributed by atoms with Gasteiger partial charge in [0.25, 0.3) is 5.91 Å². The first-order valence-electron chi connectivity index (χ1n) is 6.17. The molecule has 2 aromatic heterocycles. The van der Waals surface area contributed by atoms with Crippen molar-refractivity contribution in [2.24, 2.45) is 5.92 Å². The summed E-state index contributed by atoms with van der Waals surface area (Å²) in [5, 5.41) is 2.62. The van der Waals surface area contributed by atoms with E-state index >= 15 is 0 Å². The first-order chi connectivity index (χ1) is 9.11. The van der Waals surface area contributed by atoms with E-state index in [0.717, 1.165) is 19.4 Å². The molecule has 4 nitrogen and oxygen atoms in total. The molecule has 0 aliphatic heterocycles. The molecule has 6 heteroatoms. The first-order valence-corrected chi connectivity index (χ1v) is 6.96. The van der Waals surface area contributed by atoms with Crippen LogP contribution in [0, 0.1) is 11.7 Å². The van der Waals surface area contributed by atoms with Crippen LogP contribution >= 0.6 is 15.9 Å². The third-order valence-corrected chi connectivity index (χ3v) is 4.14. The van der Waals surface area contributed by atoms with Crippen LogP contribution in [0.15, 0.2) is 16.7 Å². The number of carbonyl (C=O) groups is 1. The number of hydrogen-bond donors (Lipinski definition) is 1. The van der Waals surface area contributed by atoms with Gasteiger partial charge in [-0.3, -0.25) is 9.78 Å². The Kier molecular flexibility index (Phi) is 3.05. The highest BCUT2D eigenvalue weighted by Crippen LogP contribution is 2.36. The third-order valence-electron chi connectivity index (χ3n) is 3.39. The number of amides is 1. The van der Waals surface area contributed by atoms with Crippen molar-refractivity contribution < 1.29 is 9.18 Å². The molecule has 19 heavy (non-hydrogen) atoms. The summed E-state index contributed by atoms with van der Waals surface area (Å²) in [4.78, 5) is 16.1. The van der Waals surface area contributed by atoms with Gasteiger partial charge in [0, 0.05) is 19.7 Å². The molecule has 0 atom stereocenters. The fraction of sp³-hybridized carbons (Fsp3) is 0.385. The van der Waals surface area contributed by atoms with Crippen molar-refractivity contribution in [2.45, 2.75) is 19.4 Å². The van der Waals surface area contributed by atoms with Crippen molar-refractivity contribution in [3.63, 3.8) is 0 Å². The molecule has 1 fully saturated rings. The molecule has 0 saturated heterocycles. The topological polar surface area (TPSA) is 46.9 Å². The zero-order chi connectivity index (χ0) is 13.6. The number of hydrogen-bond acceptors (Lipinski definition) is 2. The number of rotatable bonds is 3. The lowest BCUT2D eigenvalue weighted by molar-refractivity contribution is 0.0953. The maximum absolute atomic E-state index is 13.4. The summed E-state index contributed by atoms with van der Waals surface area (Å²) in [5.41, 5.74) is 1.81. The Hall–Kier alpha value is -1.43. The van der Waals surface area contributed by atoms with Gasteiger partial charge < -0.3 is 9.88 Å². The number of nitrogens with zero attached hydrogens (tertiary/aromatic N) is 2. The maximum atomic E-state index is 13.4. The van der Waals surface area contributed by atoms with Crippen LogP contribution in [0.2, 0.25) is 0 Å². The minimum Gasteiger partial charge on any atom is -0.354 e. The molecule has 100 valence electrons. The molecule has 1 aliphatic carbocycles.